The molecule has 0 aliphatic rings. The van der Waals surface area contributed by atoms with Gasteiger partial charge in [-0.3, -0.25) is 4.99 Å². The minimum absolute atomic E-state index is 0.199. The first-order chi connectivity index (χ1) is 9.56. The van der Waals surface area contributed by atoms with Gasteiger partial charge in [0, 0.05) is 11.8 Å². The number of hydrogen-bond acceptors (Lipinski definition) is 4. The normalized spacial score (nSPS) is 11.6. The number of nitrogens with one attached hydrogen (secondary N) is 1. The van der Waals surface area contributed by atoms with Crippen LogP contribution in [-0.4, -0.2) is 39.4 Å². The number of nitrogens with zero attached hydrogens (tertiary/aromatic N) is 1. The predicted octanol–water partition coefficient (Wildman–Crippen LogP) is 1.86. The molecule has 0 aromatic heterocycles. The van der Waals surface area contributed by atoms with Crippen molar-refractivity contribution in [2.45, 2.75) is 20.0 Å². The zero-order chi connectivity index (χ0) is 15.0. The van der Waals surface area contributed by atoms with Gasteiger partial charge in [0.1, 0.15) is 0 Å². The number of hydrogen-bond donors (Lipinski definition) is 2. The van der Waals surface area contributed by atoms with Gasteiger partial charge in [0.2, 0.25) is 0 Å². The third-order valence-electron chi connectivity index (χ3n) is 2.48. The van der Waals surface area contributed by atoms with Crippen molar-refractivity contribution in [1.82, 2.24) is 0 Å². The molecule has 3 N–H and O–H groups in total. The monoisotopic (exact) mass is 281 g/mol. The van der Waals surface area contributed by atoms with E-state index in [4.69, 9.17) is 19.9 Å². The Hall–Kier alpha value is -1.95. The van der Waals surface area contributed by atoms with Crippen molar-refractivity contribution >= 4 is 11.6 Å². The van der Waals surface area contributed by atoms with E-state index >= 15 is 0 Å². The minimum Gasteiger partial charge on any atom is -0.493 e. The molecule has 0 aliphatic heterocycles. The molecule has 20 heavy (non-hydrogen) atoms. The summed E-state index contributed by atoms with van der Waals surface area (Å²) in [6, 6.07) is 5.44. The minimum atomic E-state index is 0.199. The van der Waals surface area contributed by atoms with E-state index in [2.05, 4.69) is 10.3 Å². The van der Waals surface area contributed by atoms with Crippen molar-refractivity contribution in [2.75, 3.05) is 32.7 Å². The summed E-state index contributed by atoms with van der Waals surface area (Å²) < 4.78 is 15.8. The molecule has 0 amide bonds. The summed E-state index contributed by atoms with van der Waals surface area (Å²) >= 11 is 0. The molecule has 0 bridgehead atoms. The Labute approximate surface area is 119 Å². The van der Waals surface area contributed by atoms with E-state index in [1.165, 1.54) is 0 Å². The molecule has 0 heterocycles. The van der Waals surface area contributed by atoms with E-state index in [1.54, 1.807) is 26.4 Å². The van der Waals surface area contributed by atoms with Crippen molar-refractivity contribution in [3.05, 3.63) is 18.2 Å². The highest BCUT2D eigenvalue weighted by Gasteiger charge is 2.04. The lowest BCUT2D eigenvalue weighted by atomic mass is 10.3. The van der Waals surface area contributed by atoms with Gasteiger partial charge in [0.25, 0.3) is 0 Å². The Bertz CT molecular complexity index is 447. The molecule has 1 rings (SSSR count). The standard InChI is InChI=1S/C14H23N3O3/c1-10(2)20-8-7-16-14(15)17-11-5-6-12(18-3)13(9-11)19-4/h5-6,9-10H,7-8H2,1-4H3,(H3,15,16,17). The Morgan fingerprint density at radius 1 is 1.25 bits per heavy atom. The van der Waals surface area contributed by atoms with Gasteiger partial charge in [-0.05, 0) is 26.0 Å². The number of ether oxygens (including phenoxy) is 3. The van der Waals surface area contributed by atoms with Crippen LogP contribution >= 0.6 is 0 Å². The number of guanidine groups is 1. The molecule has 112 valence electrons. The highest BCUT2D eigenvalue weighted by molar-refractivity contribution is 5.92. The topological polar surface area (TPSA) is 78.1 Å². The van der Waals surface area contributed by atoms with E-state index in [9.17, 15) is 0 Å². The smallest absolute Gasteiger partial charge is 0.193 e. The van der Waals surface area contributed by atoms with E-state index in [0.717, 1.165) is 5.69 Å². The maximum atomic E-state index is 5.80. The van der Waals surface area contributed by atoms with Crippen molar-refractivity contribution in [3.8, 4) is 11.5 Å². The number of nitrogens with two attached hydrogens (primary N) is 1. The Kier molecular flexibility index (Phi) is 6.66. The maximum Gasteiger partial charge on any atom is 0.193 e. The molecule has 6 heteroatoms. The van der Waals surface area contributed by atoms with Crippen LogP contribution in [0.1, 0.15) is 13.8 Å². The zero-order valence-electron chi connectivity index (χ0n) is 12.5. The highest BCUT2D eigenvalue weighted by Crippen LogP contribution is 2.29. The molecule has 0 radical (unpaired) electrons. The molecular weight excluding hydrogens is 258 g/mol. The SMILES string of the molecule is COc1ccc(NC(N)=NCCOC(C)C)cc1OC. The zero-order valence-corrected chi connectivity index (χ0v) is 12.5. The number of anilines is 1. The van der Waals surface area contributed by atoms with Crippen LogP contribution in [0.2, 0.25) is 0 Å². The van der Waals surface area contributed by atoms with E-state index in [1.807, 2.05) is 19.9 Å². The number of aliphatic imine (C=N–C) groups is 1. The van der Waals surface area contributed by atoms with E-state index < -0.39 is 0 Å². The summed E-state index contributed by atoms with van der Waals surface area (Å²) in [5.41, 5.74) is 6.58. The molecule has 0 aliphatic carbocycles. The first-order valence-corrected chi connectivity index (χ1v) is 6.47. The Morgan fingerprint density at radius 3 is 2.55 bits per heavy atom. The number of methoxy groups -OCH3 is 2. The number of rotatable bonds is 7. The van der Waals surface area contributed by atoms with Gasteiger partial charge in [0.15, 0.2) is 17.5 Å². The Morgan fingerprint density at radius 2 is 1.95 bits per heavy atom. The molecule has 6 nitrogen and oxygen atoms in total. The lowest BCUT2D eigenvalue weighted by molar-refractivity contribution is 0.0853. The van der Waals surface area contributed by atoms with Gasteiger partial charge < -0.3 is 25.3 Å². The van der Waals surface area contributed by atoms with E-state index in [0.29, 0.717) is 30.6 Å². The third kappa shape index (κ3) is 5.36. The molecule has 1 aromatic rings. The first-order valence-electron chi connectivity index (χ1n) is 6.47. The van der Waals surface area contributed by atoms with Crippen LogP contribution in [0, 0.1) is 0 Å². The molecular formula is C14H23N3O3. The second-order valence-corrected chi connectivity index (χ2v) is 4.38. The highest BCUT2D eigenvalue weighted by atomic mass is 16.5. The largest absolute Gasteiger partial charge is 0.493 e. The summed E-state index contributed by atoms with van der Waals surface area (Å²) in [7, 11) is 3.18. The van der Waals surface area contributed by atoms with Crippen LogP contribution in [0.5, 0.6) is 11.5 Å². The number of benzene rings is 1. The molecule has 0 saturated heterocycles. The summed E-state index contributed by atoms with van der Waals surface area (Å²) in [6.45, 7) is 5.03. The average Bonchev–Trinajstić information content (AvgIpc) is 2.43. The summed E-state index contributed by atoms with van der Waals surface area (Å²) in [6.07, 6.45) is 0.199. The molecule has 0 unspecified atom stereocenters. The second kappa shape index (κ2) is 8.27. The third-order valence-corrected chi connectivity index (χ3v) is 2.48. The van der Waals surface area contributed by atoms with Gasteiger partial charge >= 0.3 is 0 Å². The molecule has 0 spiro atoms. The summed E-state index contributed by atoms with van der Waals surface area (Å²) in [4.78, 5) is 4.18. The van der Waals surface area contributed by atoms with E-state index in [-0.39, 0.29) is 6.10 Å². The van der Waals surface area contributed by atoms with Gasteiger partial charge in [-0.1, -0.05) is 0 Å². The average molecular weight is 281 g/mol. The second-order valence-electron chi connectivity index (χ2n) is 4.38. The molecule has 0 atom stereocenters. The Balaban J connectivity index is 2.57. The predicted molar refractivity (Wildman–Crippen MR) is 80.7 cm³/mol. The van der Waals surface area contributed by atoms with Crippen molar-refractivity contribution in [2.24, 2.45) is 10.7 Å². The van der Waals surface area contributed by atoms with Gasteiger partial charge in [-0.2, -0.15) is 0 Å². The molecule has 0 fully saturated rings. The van der Waals surface area contributed by atoms with Gasteiger partial charge in [0.05, 0.1) is 33.5 Å². The molecule has 1 aromatic carbocycles. The van der Waals surface area contributed by atoms with Crippen molar-refractivity contribution in [1.29, 1.82) is 0 Å². The lowest BCUT2D eigenvalue weighted by Gasteiger charge is -2.11. The van der Waals surface area contributed by atoms with Crippen LogP contribution in [-0.2, 0) is 4.74 Å². The fourth-order valence-electron chi connectivity index (χ4n) is 1.56. The van der Waals surface area contributed by atoms with Gasteiger partial charge in [-0.15, -0.1) is 0 Å². The fraction of sp³-hybridized carbons (Fsp3) is 0.500. The summed E-state index contributed by atoms with van der Waals surface area (Å²) in [5.74, 6) is 1.64. The fourth-order valence-corrected chi connectivity index (χ4v) is 1.56. The van der Waals surface area contributed by atoms with Crippen molar-refractivity contribution in [3.63, 3.8) is 0 Å². The quantitative estimate of drug-likeness (QED) is 0.453. The van der Waals surface area contributed by atoms with Crippen LogP contribution < -0.4 is 20.5 Å². The van der Waals surface area contributed by atoms with Crippen molar-refractivity contribution < 1.29 is 14.2 Å². The maximum absolute atomic E-state index is 5.80. The first kappa shape index (κ1) is 16.1. The van der Waals surface area contributed by atoms with Gasteiger partial charge in [-0.25, -0.2) is 0 Å². The lowest BCUT2D eigenvalue weighted by Crippen LogP contribution is -2.23. The molecule has 0 saturated carbocycles. The van der Waals surface area contributed by atoms with Crippen LogP contribution in [0.15, 0.2) is 23.2 Å². The van der Waals surface area contributed by atoms with Crippen LogP contribution in [0.25, 0.3) is 0 Å². The van der Waals surface area contributed by atoms with Crippen LogP contribution in [0.3, 0.4) is 0 Å². The summed E-state index contributed by atoms with van der Waals surface area (Å²) in [5, 5.41) is 2.99. The van der Waals surface area contributed by atoms with Crippen LogP contribution in [0.4, 0.5) is 5.69 Å².